The molecule has 0 bridgehead atoms. The Morgan fingerprint density at radius 3 is 2.34 bits per heavy atom. The topological polar surface area (TPSA) is 152 Å². The summed E-state index contributed by atoms with van der Waals surface area (Å²) in [6.07, 6.45) is 6.10. The van der Waals surface area contributed by atoms with Crippen LogP contribution in [0.25, 0.3) is 0 Å². The number of allylic oxidation sites excluding steroid dienone is 1. The maximum Gasteiger partial charge on any atom is 0.407 e. The fraction of sp³-hybridized carbons (Fsp3) is 0.839. The van der Waals surface area contributed by atoms with Crippen LogP contribution >= 0.6 is 12.8 Å². The molecule has 0 radical (unpaired) electrons. The number of methoxy groups -OCH3 is 1. The first-order valence-electron chi connectivity index (χ1n) is 15.9. The number of hydrogen-bond acceptors (Lipinski definition) is 10. The molecule has 1 aliphatic carbocycles. The molecule has 1 saturated carbocycles. The number of epoxide rings is 2. The van der Waals surface area contributed by atoms with E-state index >= 15 is 0 Å². The van der Waals surface area contributed by atoms with Gasteiger partial charge in [-0.05, 0) is 58.8 Å². The van der Waals surface area contributed by atoms with Gasteiger partial charge in [0.1, 0.15) is 30.0 Å². The van der Waals surface area contributed by atoms with Crippen molar-refractivity contribution in [2.24, 2.45) is 11.8 Å². The third kappa shape index (κ3) is 10.5. The predicted octanol–water partition coefficient (Wildman–Crippen LogP) is 3.65. The van der Waals surface area contributed by atoms with Gasteiger partial charge in [0.2, 0.25) is 5.91 Å². The summed E-state index contributed by atoms with van der Waals surface area (Å²) in [5.41, 5.74) is 0.541. The molecule has 2 heterocycles. The summed E-state index contributed by atoms with van der Waals surface area (Å²) in [6.45, 7) is 12.1. The molecule has 4 N–H and O–H groups in total. The fourth-order valence-corrected chi connectivity index (χ4v) is 6.31. The van der Waals surface area contributed by atoms with E-state index in [4.69, 9.17) is 23.7 Å². The molecule has 3 amide bonds. The highest BCUT2D eigenvalue weighted by molar-refractivity contribution is 7.78. The highest BCUT2D eigenvalue weighted by Gasteiger charge is 2.72. The summed E-state index contributed by atoms with van der Waals surface area (Å²) in [7, 11) is 1.65. The van der Waals surface area contributed by atoms with Gasteiger partial charge in [0.05, 0.1) is 31.2 Å². The molecular formula is C31H54N4O8S. The van der Waals surface area contributed by atoms with E-state index in [1.165, 1.54) is 5.57 Å². The molecule has 0 aromatic heterocycles. The van der Waals surface area contributed by atoms with Gasteiger partial charge in [0.15, 0.2) is 0 Å². The number of carbonyl (C=O) groups excluding carboxylic acids is 3. The molecule has 2 aliphatic heterocycles. The molecular weight excluding hydrogens is 588 g/mol. The number of carbonyl (C=O) groups is 3. The summed E-state index contributed by atoms with van der Waals surface area (Å²) in [5, 5.41) is 8.45. The molecule has 0 aromatic rings. The average Bonchev–Trinajstić information content (AvgIpc) is 3.88. The summed E-state index contributed by atoms with van der Waals surface area (Å²) < 4.78 is 32.1. The van der Waals surface area contributed by atoms with Crippen LogP contribution in [-0.4, -0.2) is 93.6 Å². The van der Waals surface area contributed by atoms with E-state index in [1.54, 1.807) is 7.11 Å². The van der Waals surface area contributed by atoms with E-state index in [9.17, 15) is 14.4 Å². The Morgan fingerprint density at radius 2 is 1.75 bits per heavy atom. The lowest BCUT2D eigenvalue weighted by atomic mass is 9.68. The number of nitrogens with one attached hydrogen (secondary N) is 4. The van der Waals surface area contributed by atoms with Crippen LogP contribution in [0.15, 0.2) is 11.6 Å². The third-order valence-electron chi connectivity index (χ3n) is 8.93. The number of ether oxygens (including phenoxy) is 5. The first-order chi connectivity index (χ1) is 21.0. The van der Waals surface area contributed by atoms with E-state index in [0.29, 0.717) is 26.1 Å². The second-order valence-corrected chi connectivity index (χ2v) is 13.3. The molecule has 2 saturated heterocycles. The minimum atomic E-state index is -0.563. The molecule has 3 rings (SSSR count). The molecule has 1 spiro atoms. The Kier molecular flexibility index (Phi) is 14.1. The molecule has 4 unspecified atom stereocenters. The van der Waals surface area contributed by atoms with Gasteiger partial charge >= 0.3 is 12.2 Å². The minimum absolute atomic E-state index is 0.00875. The van der Waals surface area contributed by atoms with Crippen LogP contribution in [0, 0.1) is 11.8 Å². The molecule has 252 valence electrons. The van der Waals surface area contributed by atoms with Gasteiger partial charge < -0.3 is 39.6 Å². The highest BCUT2D eigenvalue weighted by atomic mass is 32.1. The quantitative estimate of drug-likeness (QED) is 0.0653. The van der Waals surface area contributed by atoms with Gasteiger partial charge in [-0.2, -0.15) is 0 Å². The van der Waals surface area contributed by atoms with Crippen molar-refractivity contribution in [2.45, 2.75) is 115 Å². The van der Waals surface area contributed by atoms with Crippen LogP contribution in [0.2, 0.25) is 0 Å². The zero-order valence-electron chi connectivity index (χ0n) is 27.2. The summed E-state index contributed by atoms with van der Waals surface area (Å²) in [5.74, 6) is -0.136. The first-order valence-corrected chi connectivity index (χ1v) is 16.4. The Morgan fingerprint density at radius 1 is 1.07 bits per heavy atom. The number of alkyl carbamates (subject to hydrolysis) is 2. The monoisotopic (exact) mass is 642 g/mol. The second kappa shape index (κ2) is 17.0. The van der Waals surface area contributed by atoms with Crippen molar-refractivity contribution in [1.82, 2.24) is 20.7 Å². The lowest BCUT2D eigenvalue weighted by Crippen LogP contribution is -2.56. The Bertz CT molecular complexity index is 990. The van der Waals surface area contributed by atoms with Crippen molar-refractivity contribution in [1.29, 1.82) is 0 Å². The molecule has 3 aliphatic rings. The SMILES string of the molecule is COC1C(OC(=O)N[C@@H](COC(=O)NCCCCCCNC(=O)CNS)C(C)C)CCC2(CO2)C1[C@]1(C)O[C@@H]1CC=C(C)C. The van der Waals surface area contributed by atoms with Crippen molar-refractivity contribution in [3.05, 3.63) is 11.6 Å². The fourth-order valence-electron chi connectivity index (χ4n) is 6.17. The Labute approximate surface area is 268 Å². The van der Waals surface area contributed by atoms with E-state index in [1.807, 2.05) is 13.8 Å². The minimum Gasteiger partial charge on any atom is -0.447 e. The van der Waals surface area contributed by atoms with Crippen LogP contribution in [0.4, 0.5) is 9.59 Å². The maximum atomic E-state index is 13.1. The lowest BCUT2D eigenvalue weighted by molar-refractivity contribution is -0.119. The van der Waals surface area contributed by atoms with Gasteiger partial charge in [0.25, 0.3) is 0 Å². The van der Waals surface area contributed by atoms with Gasteiger partial charge in [0, 0.05) is 20.2 Å². The van der Waals surface area contributed by atoms with E-state index in [2.05, 4.69) is 60.3 Å². The zero-order chi connectivity index (χ0) is 32.3. The summed E-state index contributed by atoms with van der Waals surface area (Å²) in [4.78, 5) is 36.7. The van der Waals surface area contributed by atoms with E-state index in [0.717, 1.165) is 38.5 Å². The maximum absolute atomic E-state index is 13.1. The smallest absolute Gasteiger partial charge is 0.407 e. The van der Waals surface area contributed by atoms with Crippen LogP contribution < -0.4 is 20.7 Å². The largest absolute Gasteiger partial charge is 0.447 e. The molecule has 13 heteroatoms. The second-order valence-electron chi connectivity index (χ2n) is 12.9. The highest BCUT2D eigenvalue weighted by Crippen LogP contribution is 2.59. The van der Waals surface area contributed by atoms with E-state index < -0.39 is 29.9 Å². The third-order valence-corrected chi connectivity index (χ3v) is 9.09. The van der Waals surface area contributed by atoms with Gasteiger partial charge in [-0.1, -0.05) is 51.2 Å². The Balaban J connectivity index is 1.40. The molecule has 0 aromatic carbocycles. The predicted molar refractivity (Wildman–Crippen MR) is 169 cm³/mol. The van der Waals surface area contributed by atoms with Gasteiger partial charge in [-0.25, -0.2) is 9.59 Å². The van der Waals surface area contributed by atoms with Crippen LogP contribution in [-0.2, 0) is 28.5 Å². The van der Waals surface area contributed by atoms with Crippen LogP contribution in [0.3, 0.4) is 0 Å². The molecule has 7 atom stereocenters. The first kappa shape index (κ1) is 36.4. The van der Waals surface area contributed by atoms with Crippen LogP contribution in [0.5, 0.6) is 0 Å². The standard InChI is InChI=1S/C31H54N4O8S/c1-20(2)11-12-24-30(5,43-24)27-26(39-6)23(13-14-31(27)19-41-31)42-29(38)35-22(21(3)4)18-40-28(37)33-16-10-8-7-9-15-32-25(36)17-34-44/h11,21-24,26-27,34,44H,7-10,12-19H2,1-6H3,(H,32,36)(H,33,37)(H,35,38)/t22-,23?,24+,26?,27?,30+,31?/m0/s1. The van der Waals surface area contributed by atoms with Crippen molar-refractivity contribution in [3.8, 4) is 0 Å². The average molecular weight is 643 g/mol. The Hall–Kier alpha value is -2.06. The summed E-state index contributed by atoms with van der Waals surface area (Å²) >= 11 is 3.80. The number of rotatable bonds is 18. The van der Waals surface area contributed by atoms with Crippen LogP contribution in [0.1, 0.15) is 79.6 Å². The van der Waals surface area contributed by atoms with Crippen molar-refractivity contribution in [2.75, 3.05) is 40.0 Å². The molecule has 3 fully saturated rings. The molecule has 44 heavy (non-hydrogen) atoms. The van der Waals surface area contributed by atoms with Gasteiger partial charge in [-0.3, -0.25) is 9.52 Å². The van der Waals surface area contributed by atoms with Crippen molar-refractivity contribution < 1.29 is 38.1 Å². The number of thiol groups is 1. The zero-order valence-corrected chi connectivity index (χ0v) is 28.1. The number of hydrogen-bond donors (Lipinski definition) is 5. The number of amides is 3. The van der Waals surface area contributed by atoms with Gasteiger partial charge in [-0.15, -0.1) is 0 Å². The lowest BCUT2D eigenvalue weighted by Gasteiger charge is -2.42. The summed E-state index contributed by atoms with van der Waals surface area (Å²) in [6, 6.07) is -0.419. The van der Waals surface area contributed by atoms with E-state index in [-0.39, 0.29) is 48.7 Å². The normalized spacial score (nSPS) is 29.5. The molecule has 12 nitrogen and oxygen atoms in total. The van der Waals surface area contributed by atoms with Crippen molar-refractivity contribution >= 4 is 30.9 Å². The number of unbranched alkanes of at least 4 members (excludes halogenated alkanes) is 3. The van der Waals surface area contributed by atoms with Crippen molar-refractivity contribution in [3.63, 3.8) is 0 Å².